The van der Waals surface area contributed by atoms with Crippen molar-refractivity contribution >= 4 is 22.5 Å². The number of para-hydroxylation sites is 2. The molecular weight excluding hydrogens is 346 g/mol. The van der Waals surface area contributed by atoms with Gasteiger partial charge in [-0.05, 0) is 32.9 Å². The maximum absolute atomic E-state index is 12.8. The van der Waals surface area contributed by atoms with E-state index in [1.807, 2.05) is 40.0 Å². The van der Waals surface area contributed by atoms with Crippen molar-refractivity contribution in [2.24, 2.45) is 7.05 Å². The molecular formula is C18H19N7O2. The van der Waals surface area contributed by atoms with Gasteiger partial charge in [-0.3, -0.25) is 14.3 Å². The van der Waals surface area contributed by atoms with Crippen LogP contribution in [0.2, 0.25) is 0 Å². The molecule has 0 spiro atoms. The maximum atomic E-state index is 12.8. The molecule has 1 aromatic carbocycles. The molecule has 2 N–H and O–H groups in total. The predicted molar refractivity (Wildman–Crippen MR) is 99.7 cm³/mol. The lowest BCUT2D eigenvalue weighted by molar-refractivity contribution is 0.0936. The van der Waals surface area contributed by atoms with Crippen molar-refractivity contribution < 1.29 is 4.79 Å². The highest BCUT2D eigenvalue weighted by Crippen LogP contribution is 2.21. The summed E-state index contributed by atoms with van der Waals surface area (Å²) in [5.41, 5.74) is 3.77. The summed E-state index contributed by atoms with van der Waals surface area (Å²) >= 11 is 0. The zero-order valence-electron chi connectivity index (χ0n) is 15.4. The van der Waals surface area contributed by atoms with E-state index in [9.17, 15) is 9.59 Å². The summed E-state index contributed by atoms with van der Waals surface area (Å²) in [6.07, 6.45) is 0. The van der Waals surface area contributed by atoms with E-state index in [-0.39, 0.29) is 17.3 Å². The fourth-order valence-electron chi connectivity index (χ4n) is 3.51. The first-order valence-corrected chi connectivity index (χ1v) is 8.56. The number of nitrogens with zero attached hydrogens (tertiary/aromatic N) is 5. The van der Waals surface area contributed by atoms with E-state index in [0.29, 0.717) is 11.0 Å². The first-order valence-electron chi connectivity index (χ1n) is 8.56. The number of aromatic nitrogens is 6. The number of carbonyl (C=O) groups is 1. The molecule has 4 aromatic rings. The summed E-state index contributed by atoms with van der Waals surface area (Å²) in [5.74, 6) is -0.457. The van der Waals surface area contributed by atoms with Crippen LogP contribution in [0.4, 0.5) is 0 Å². The SMILES string of the molecule is Cc1nn(C)c(C)c1[C@@H](C)NC(=O)c1nnn2c1c(=O)[nH]c1ccccc12. The third-order valence-electron chi connectivity index (χ3n) is 4.83. The number of fused-ring (bicyclic) bond motifs is 3. The van der Waals surface area contributed by atoms with Crippen LogP contribution in [0.25, 0.3) is 16.6 Å². The second kappa shape index (κ2) is 6.04. The summed E-state index contributed by atoms with van der Waals surface area (Å²) in [6, 6.07) is 6.93. The van der Waals surface area contributed by atoms with Gasteiger partial charge < -0.3 is 10.3 Å². The first-order chi connectivity index (χ1) is 12.9. The van der Waals surface area contributed by atoms with Crippen molar-refractivity contribution in [2.45, 2.75) is 26.8 Å². The van der Waals surface area contributed by atoms with Gasteiger partial charge in [-0.15, -0.1) is 5.10 Å². The Balaban J connectivity index is 1.75. The molecule has 0 fully saturated rings. The summed E-state index contributed by atoms with van der Waals surface area (Å²) < 4.78 is 3.17. The zero-order valence-corrected chi connectivity index (χ0v) is 15.4. The van der Waals surface area contributed by atoms with Crippen LogP contribution in [-0.4, -0.2) is 35.5 Å². The Morgan fingerprint density at radius 3 is 2.70 bits per heavy atom. The second-order valence-corrected chi connectivity index (χ2v) is 6.57. The molecule has 9 heteroatoms. The minimum Gasteiger partial charge on any atom is -0.344 e. The van der Waals surface area contributed by atoms with Crippen LogP contribution in [0.1, 0.15) is 40.4 Å². The highest BCUT2D eigenvalue weighted by atomic mass is 16.2. The van der Waals surface area contributed by atoms with Crippen molar-refractivity contribution in [1.29, 1.82) is 0 Å². The van der Waals surface area contributed by atoms with Crippen LogP contribution in [0.5, 0.6) is 0 Å². The molecule has 0 aliphatic heterocycles. The van der Waals surface area contributed by atoms with Crippen LogP contribution in [0, 0.1) is 13.8 Å². The summed E-state index contributed by atoms with van der Waals surface area (Å²) in [6.45, 7) is 5.72. The number of carbonyl (C=O) groups excluding carboxylic acids is 1. The molecule has 3 heterocycles. The number of aromatic amines is 1. The normalized spacial score (nSPS) is 12.6. The summed E-state index contributed by atoms with van der Waals surface area (Å²) in [5, 5.41) is 15.3. The Morgan fingerprint density at radius 1 is 1.26 bits per heavy atom. The number of hydrogen-bond acceptors (Lipinski definition) is 5. The first kappa shape index (κ1) is 17.0. The number of benzene rings is 1. The molecule has 27 heavy (non-hydrogen) atoms. The molecule has 0 aliphatic rings. The van der Waals surface area contributed by atoms with Crippen molar-refractivity contribution in [1.82, 2.24) is 34.9 Å². The van der Waals surface area contributed by atoms with Gasteiger partial charge in [0.1, 0.15) is 0 Å². The van der Waals surface area contributed by atoms with Crippen LogP contribution >= 0.6 is 0 Å². The van der Waals surface area contributed by atoms with E-state index in [4.69, 9.17) is 0 Å². The predicted octanol–water partition coefficient (Wildman–Crippen LogP) is 1.41. The van der Waals surface area contributed by atoms with Crippen molar-refractivity contribution in [3.8, 4) is 0 Å². The largest absolute Gasteiger partial charge is 0.344 e. The smallest absolute Gasteiger partial charge is 0.277 e. The van der Waals surface area contributed by atoms with Gasteiger partial charge in [-0.25, -0.2) is 4.52 Å². The Kier molecular flexibility index (Phi) is 3.79. The number of amides is 1. The van der Waals surface area contributed by atoms with Crippen LogP contribution in [0.15, 0.2) is 29.1 Å². The van der Waals surface area contributed by atoms with E-state index in [1.165, 1.54) is 4.52 Å². The number of H-pyrrole nitrogens is 1. The maximum Gasteiger partial charge on any atom is 0.277 e. The zero-order chi connectivity index (χ0) is 19.3. The van der Waals surface area contributed by atoms with Gasteiger partial charge in [0.25, 0.3) is 11.5 Å². The number of nitrogens with one attached hydrogen (secondary N) is 2. The average Bonchev–Trinajstić information content (AvgIpc) is 3.17. The lowest BCUT2D eigenvalue weighted by Gasteiger charge is -2.14. The van der Waals surface area contributed by atoms with E-state index in [1.54, 1.807) is 16.8 Å². The third-order valence-corrected chi connectivity index (χ3v) is 4.83. The molecule has 0 radical (unpaired) electrons. The molecule has 0 aliphatic carbocycles. The van der Waals surface area contributed by atoms with Crippen LogP contribution < -0.4 is 10.9 Å². The Labute approximate surface area is 154 Å². The molecule has 0 unspecified atom stereocenters. The summed E-state index contributed by atoms with van der Waals surface area (Å²) in [7, 11) is 1.86. The summed E-state index contributed by atoms with van der Waals surface area (Å²) in [4.78, 5) is 28.1. The highest BCUT2D eigenvalue weighted by molar-refractivity contribution is 5.99. The lowest BCUT2D eigenvalue weighted by atomic mass is 10.1. The van der Waals surface area contributed by atoms with Gasteiger partial charge in [-0.2, -0.15) is 5.10 Å². The minimum absolute atomic E-state index is 0.00644. The Morgan fingerprint density at radius 2 is 2.00 bits per heavy atom. The lowest BCUT2D eigenvalue weighted by Crippen LogP contribution is -2.29. The van der Waals surface area contributed by atoms with Gasteiger partial charge in [0, 0.05) is 18.3 Å². The highest BCUT2D eigenvalue weighted by Gasteiger charge is 2.23. The van der Waals surface area contributed by atoms with Gasteiger partial charge in [0.2, 0.25) is 0 Å². The molecule has 0 saturated carbocycles. The van der Waals surface area contributed by atoms with Crippen LogP contribution in [0.3, 0.4) is 0 Å². The monoisotopic (exact) mass is 365 g/mol. The molecule has 1 amide bonds. The van der Waals surface area contributed by atoms with Gasteiger partial charge in [0.05, 0.1) is 22.8 Å². The van der Waals surface area contributed by atoms with E-state index < -0.39 is 11.5 Å². The van der Waals surface area contributed by atoms with Gasteiger partial charge in [-0.1, -0.05) is 17.3 Å². The van der Waals surface area contributed by atoms with Crippen molar-refractivity contribution in [3.63, 3.8) is 0 Å². The Bertz CT molecular complexity index is 1250. The minimum atomic E-state index is -0.457. The number of rotatable bonds is 3. The molecule has 4 rings (SSSR count). The van der Waals surface area contributed by atoms with E-state index in [2.05, 4.69) is 25.7 Å². The van der Waals surface area contributed by atoms with E-state index in [0.717, 1.165) is 17.0 Å². The fraction of sp³-hybridized carbons (Fsp3) is 0.278. The Hall–Kier alpha value is -3.49. The topological polar surface area (TPSA) is 110 Å². The third kappa shape index (κ3) is 2.59. The average molecular weight is 365 g/mol. The molecule has 138 valence electrons. The van der Waals surface area contributed by atoms with Crippen molar-refractivity contribution in [2.75, 3.05) is 0 Å². The molecule has 9 nitrogen and oxygen atoms in total. The van der Waals surface area contributed by atoms with Crippen molar-refractivity contribution in [3.05, 3.63) is 57.3 Å². The molecule has 1 atom stereocenters. The number of hydrogen-bond donors (Lipinski definition) is 2. The fourth-order valence-corrected chi connectivity index (χ4v) is 3.51. The van der Waals surface area contributed by atoms with Crippen LogP contribution in [-0.2, 0) is 7.05 Å². The number of aryl methyl sites for hydroxylation is 2. The quantitative estimate of drug-likeness (QED) is 0.570. The molecule has 3 aromatic heterocycles. The molecule has 0 bridgehead atoms. The second-order valence-electron chi connectivity index (χ2n) is 6.57. The standard InChI is InChI=1S/C18H19N7O2/c1-9(14-10(2)22-24(4)11(14)3)19-17(26)15-16-18(27)20-12-7-5-6-8-13(12)25(16)23-21-15/h5-9H,1-4H3,(H,19,26)(H,20,27)/t9-/m1/s1. The van der Waals surface area contributed by atoms with Gasteiger partial charge >= 0.3 is 0 Å². The van der Waals surface area contributed by atoms with E-state index >= 15 is 0 Å². The molecule has 0 saturated heterocycles. The van der Waals surface area contributed by atoms with Gasteiger partial charge in [0.15, 0.2) is 11.2 Å².